The van der Waals surface area contributed by atoms with E-state index in [0.29, 0.717) is 5.13 Å². The number of aromatic nitrogens is 3. The lowest BCUT2D eigenvalue weighted by Gasteiger charge is -2.18. The van der Waals surface area contributed by atoms with E-state index in [9.17, 15) is 9.90 Å². The zero-order valence-corrected chi connectivity index (χ0v) is 15.1. The summed E-state index contributed by atoms with van der Waals surface area (Å²) in [4.78, 5) is 15.6. The quantitative estimate of drug-likeness (QED) is 0.576. The number of aromatic carboxylic acids is 1. The third-order valence-corrected chi connectivity index (χ3v) is 5.66. The number of carboxylic acids is 1. The zero-order valence-electron chi connectivity index (χ0n) is 14.3. The van der Waals surface area contributed by atoms with Gasteiger partial charge in [-0.05, 0) is 18.4 Å². The van der Waals surface area contributed by atoms with Crippen LogP contribution in [0.5, 0.6) is 0 Å². The maximum atomic E-state index is 11.3. The zero-order chi connectivity index (χ0) is 18.4. The lowest BCUT2D eigenvalue weighted by atomic mass is 9.88. The Morgan fingerprint density at radius 2 is 1.81 bits per heavy atom. The maximum Gasteiger partial charge on any atom is 0.355 e. The van der Waals surface area contributed by atoms with Crippen molar-refractivity contribution >= 4 is 17.3 Å². The molecule has 2 heterocycles. The van der Waals surface area contributed by atoms with Crippen LogP contribution in [0.4, 0.5) is 0 Å². The van der Waals surface area contributed by atoms with Crippen LogP contribution in [0, 0.1) is 0 Å². The molecule has 132 valence electrons. The summed E-state index contributed by atoms with van der Waals surface area (Å²) >= 11 is 1.30. The second kappa shape index (κ2) is 6.17. The van der Waals surface area contributed by atoms with E-state index in [-0.39, 0.29) is 5.69 Å². The van der Waals surface area contributed by atoms with Crippen molar-refractivity contribution in [2.45, 2.75) is 12.8 Å². The molecule has 5 nitrogen and oxygen atoms in total. The lowest BCUT2D eigenvalue weighted by Crippen LogP contribution is -2.07. The van der Waals surface area contributed by atoms with Crippen LogP contribution < -0.4 is 0 Å². The Kier molecular flexibility index (Phi) is 3.65. The third-order valence-electron chi connectivity index (χ3n) is 4.84. The van der Waals surface area contributed by atoms with Crippen molar-refractivity contribution in [3.63, 3.8) is 0 Å². The number of carboxylic acid groups (broad SMARTS) is 1. The minimum absolute atomic E-state index is 0.0459. The standard InChI is InChI=1S/C21H15N3O2S/c25-20(26)17-12-27-21(22-17)24-19-15-9-5-4-6-13(15)10-11-16(19)18(23-24)14-7-2-1-3-8-14/h1-9,12H,10-11H2,(H,25,26). The van der Waals surface area contributed by atoms with Gasteiger partial charge in [0, 0.05) is 22.1 Å². The molecule has 5 rings (SSSR count). The molecule has 0 aliphatic heterocycles. The van der Waals surface area contributed by atoms with Gasteiger partial charge in [-0.15, -0.1) is 11.3 Å². The summed E-state index contributed by atoms with van der Waals surface area (Å²) in [6, 6.07) is 18.4. The maximum absolute atomic E-state index is 11.3. The highest BCUT2D eigenvalue weighted by molar-refractivity contribution is 7.12. The van der Waals surface area contributed by atoms with Gasteiger partial charge in [0.15, 0.2) is 5.69 Å². The summed E-state index contributed by atoms with van der Waals surface area (Å²) in [5.74, 6) is -1.03. The van der Waals surface area contributed by atoms with Gasteiger partial charge in [0.1, 0.15) is 0 Å². The van der Waals surface area contributed by atoms with E-state index in [1.54, 1.807) is 5.38 Å². The fraction of sp³-hybridized carbons (Fsp3) is 0.0952. The number of aryl methyl sites for hydroxylation is 1. The normalized spacial score (nSPS) is 12.4. The molecule has 27 heavy (non-hydrogen) atoms. The van der Waals surface area contributed by atoms with Crippen LogP contribution in [-0.2, 0) is 12.8 Å². The van der Waals surface area contributed by atoms with Crippen LogP contribution in [-0.4, -0.2) is 25.8 Å². The predicted molar refractivity (Wildman–Crippen MR) is 104 cm³/mol. The Morgan fingerprint density at radius 1 is 1.04 bits per heavy atom. The van der Waals surface area contributed by atoms with Crippen LogP contribution in [0.15, 0.2) is 60.0 Å². The van der Waals surface area contributed by atoms with Gasteiger partial charge in [-0.25, -0.2) is 14.5 Å². The van der Waals surface area contributed by atoms with Crippen molar-refractivity contribution in [1.82, 2.24) is 14.8 Å². The summed E-state index contributed by atoms with van der Waals surface area (Å²) in [6.45, 7) is 0. The first-order chi connectivity index (χ1) is 13.2. The van der Waals surface area contributed by atoms with Gasteiger partial charge >= 0.3 is 5.97 Å². The molecule has 2 aromatic heterocycles. The molecule has 1 aliphatic rings. The first kappa shape index (κ1) is 16.0. The largest absolute Gasteiger partial charge is 0.476 e. The van der Waals surface area contributed by atoms with Crippen LogP contribution in [0.1, 0.15) is 21.6 Å². The van der Waals surface area contributed by atoms with Crippen molar-refractivity contribution in [3.8, 4) is 27.6 Å². The van der Waals surface area contributed by atoms with E-state index in [4.69, 9.17) is 5.10 Å². The monoisotopic (exact) mass is 373 g/mol. The molecular weight excluding hydrogens is 358 g/mol. The molecule has 4 aromatic rings. The van der Waals surface area contributed by atoms with E-state index in [1.165, 1.54) is 22.5 Å². The van der Waals surface area contributed by atoms with Crippen LogP contribution in [0.25, 0.3) is 27.6 Å². The Morgan fingerprint density at radius 3 is 2.59 bits per heavy atom. The highest BCUT2D eigenvalue weighted by atomic mass is 32.1. The van der Waals surface area contributed by atoms with Gasteiger partial charge < -0.3 is 5.11 Å². The molecule has 0 bridgehead atoms. The first-order valence-electron chi connectivity index (χ1n) is 8.67. The van der Waals surface area contributed by atoms with Crippen molar-refractivity contribution in [2.75, 3.05) is 0 Å². The Hall–Kier alpha value is -3.25. The van der Waals surface area contributed by atoms with E-state index < -0.39 is 5.97 Å². The molecule has 0 atom stereocenters. The van der Waals surface area contributed by atoms with Gasteiger partial charge in [0.2, 0.25) is 5.13 Å². The minimum Gasteiger partial charge on any atom is -0.476 e. The number of rotatable bonds is 3. The average Bonchev–Trinajstić information content (AvgIpc) is 3.34. The Labute approximate surface area is 159 Å². The number of hydrogen-bond acceptors (Lipinski definition) is 4. The fourth-order valence-electron chi connectivity index (χ4n) is 3.62. The molecule has 0 saturated heterocycles. The van der Waals surface area contributed by atoms with Gasteiger partial charge in [-0.2, -0.15) is 5.10 Å². The van der Waals surface area contributed by atoms with Crippen LogP contribution in [0.3, 0.4) is 0 Å². The highest BCUT2D eigenvalue weighted by Gasteiger charge is 2.27. The van der Waals surface area contributed by atoms with Gasteiger partial charge in [-0.1, -0.05) is 54.6 Å². The van der Waals surface area contributed by atoms with Gasteiger partial charge in [0.05, 0.1) is 11.4 Å². The smallest absolute Gasteiger partial charge is 0.355 e. The van der Waals surface area contributed by atoms with E-state index >= 15 is 0 Å². The summed E-state index contributed by atoms with van der Waals surface area (Å²) in [7, 11) is 0. The third kappa shape index (κ3) is 2.57. The molecule has 0 spiro atoms. The molecule has 0 saturated carbocycles. The van der Waals surface area contributed by atoms with E-state index in [1.807, 2.05) is 28.9 Å². The van der Waals surface area contributed by atoms with Crippen molar-refractivity contribution in [2.24, 2.45) is 0 Å². The van der Waals surface area contributed by atoms with Crippen molar-refractivity contribution in [3.05, 3.63) is 76.8 Å². The summed E-state index contributed by atoms with van der Waals surface area (Å²) in [5.41, 5.74) is 6.66. The topological polar surface area (TPSA) is 68.0 Å². The summed E-state index contributed by atoms with van der Waals surface area (Å²) in [5, 5.41) is 16.2. The van der Waals surface area contributed by atoms with Crippen LogP contribution >= 0.6 is 11.3 Å². The number of carbonyl (C=O) groups is 1. The molecule has 6 heteroatoms. The molecule has 0 amide bonds. The Balaban J connectivity index is 1.78. The fourth-order valence-corrected chi connectivity index (χ4v) is 4.37. The second-order valence-corrected chi connectivity index (χ2v) is 7.27. The molecule has 0 unspecified atom stereocenters. The second-order valence-electron chi connectivity index (χ2n) is 6.43. The van der Waals surface area contributed by atoms with Crippen molar-refractivity contribution < 1.29 is 9.90 Å². The minimum atomic E-state index is -1.03. The number of benzene rings is 2. The highest BCUT2D eigenvalue weighted by Crippen LogP contribution is 2.40. The number of nitrogens with zero attached hydrogens (tertiary/aromatic N) is 3. The average molecular weight is 373 g/mol. The molecule has 2 aromatic carbocycles. The Bertz CT molecular complexity index is 1160. The predicted octanol–water partition coefficient (Wildman–Crippen LogP) is 4.46. The van der Waals surface area contributed by atoms with Gasteiger partial charge in [0.25, 0.3) is 0 Å². The molecule has 0 radical (unpaired) electrons. The van der Waals surface area contributed by atoms with E-state index in [0.717, 1.165) is 35.4 Å². The van der Waals surface area contributed by atoms with E-state index in [2.05, 4.69) is 35.3 Å². The SMILES string of the molecule is O=C(O)c1csc(-n2nc(-c3ccccc3)c3c2-c2ccccc2CC3)n1. The number of thiazole rings is 1. The molecule has 1 N–H and O–H groups in total. The number of fused-ring (bicyclic) bond motifs is 3. The molecular formula is C21H15N3O2S. The summed E-state index contributed by atoms with van der Waals surface area (Å²) < 4.78 is 1.81. The number of hydrogen-bond donors (Lipinski definition) is 1. The van der Waals surface area contributed by atoms with Crippen molar-refractivity contribution in [1.29, 1.82) is 0 Å². The van der Waals surface area contributed by atoms with Gasteiger partial charge in [-0.3, -0.25) is 0 Å². The van der Waals surface area contributed by atoms with Crippen LogP contribution in [0.2, 0.25) is 0 Å². The summed E-state index contributed by atoms with van der Waals surface area (Å²) in [6.07, 6.45) is 1.86. The first-order valence-corrected chi connectivity index (χ1v) is 9.55. The molecule has 0 fully saturated rings. The molecule has 1 aliphatic carbocycles. The lowest BCUT2D eigenvalue weighted by molar-refractivity contribution is 0.0691.